The third-order valence-corrected chi connectivity index (χ3v) is 4.37. The SMILES string of the molecule is CSc1cccc(Sc2ccc(F)cc2)c1C(=N)N. The molecule has 2 aromatic carbocycles. The first-order valence-electron chi connectivity index (χ1n) is 5.56. The van der Waals surface area contributed by atoms with Gasteiger partial charge >= 0.3 is 0 Å². The zero-order valence-electron chi connectivity index (χ0n) is 10.3. The van der Waals surface area contributed by atoms with Crippen LogP contribution in [-0.4, -0.2) is 12.1 Å². The van der Waals surface area contributed by atoms with Gasteiger partial charge in [-0.2, -0.15) is 0 Å². The number of benzene rings is 2. The fraction of sp³-hybridized carbons (Fsp3) is 0.0714. The standard InChI is InChI=1S/C14H13FN2S2/c1-18-11-3-2-4-12(13(11)14(16)17)19-10-7-5-9(15)6-8-10/h2-8H,1H3,(H3,16,17). The highest BCUT2D eigenvalue weighted by atomic mass is 32.2. The topological polar surface area (TPSA) is 49.9 Å². The van der Waals surface area contributed by atoms with Crippen LogP contribution in [0.25, 0.3) is 0 Å². The molecule has 2 aromatic rings. The molecular formula is C14H13FN2S2. The van der Waals surface area contributed by atoms with Crippen LogP contribution in [0.15, 0.2) is 57.2 Å². The van der Waals surface area contributed by atoms with Gasteiger partial charge in [0.2, 0.25) is 0 Å². The average Bonchev–Trinajstić information content (AvgIpc) is 2.40. The highest BCUT2D eigenvalue weighted by molar-refractivity contribution is 8.00. The van der Waals surface area contributed by atoms with Gasteiger partial charge in [0.1, 0.15) is 11.7 Å². The highest BCUT2D eigenvalue weighted by Crippen LogP contribution is 2.34. The smallest absolute Gasteiger partial charge is 0.125 e. The number of amidine groups is 1. The molecule has 0 heterocycles. The Morgan fingerprint density at radius 3 is 2.32 bits per heavy atom. The monoisotopic (exact) mass is 292 g/mol. The van der Waals surface area contributed by atoms with E-state index in [9.17, 15) is 4.39 Å². The first-order valence-corrected chi connectivity index (χ1v) is 7.60. The van der Waals surface area contributed by atoms with Crippen LogP contribution in [0.1, 0.15) is 5.56 Å². The van der Waals surface area contributed by atoms with Crippen molar-refractivity contribution in [2.24, 2.45) is 5.73 Å². The molecule has 0 saturated carbocycles. The van der Waals surface area contributed by atoms with Gasteiger partial charge in [0.15, 0.2) is 0 Å². The second-order valence-electron chi connectivity index (χ2n) is 3.80. The molecule has 0 aromatic heterocycles. The van der Waals surface area contributed by atoms with E-state index in [0.29, 0.717) is 0 Å². The van der Waals surface area contributed by atoms with Crippen molar-refractivity contribution < 1.29 is 4.39 Å². The fourth-order valence-corrected chi connectivity index (χ4v) is 3.36. The molecule has 0 amide bonds. The van der Waals surface area contributed by atoms with E-state index in [1.165, 1.54) is 23.9 Å². The molecule has 0 spiro atoms. The zero-order chi connectivity index (χ0) is 13.8. The molecule has 0 radical (unpaired) electrons. The number of rotatable bonds is 4. The molecule has 3 N–H and O–H groups in total. The summed E-state index contributed by atoms with van der Waals surface area (Å²) < 4.78 is 12.9. The van der Waals surface area contributed by atoms with Gasteiger partial charge in [-0.15, -0.1) is 11.8 Å². The quantitative estimate of drug-likeness (QED) is 0.509. The Balaban J connectivity index is 2.39. The molecule has 19 heavy (non-hydrogen) atoms. The lowest BCUT2D eigenvalue weighted by Gasteiger charge is -2.11. The van der Waals surface area contributed by atoms with Crippen molar-refractivity contribution in [2.45, 2.75) is 14.7 Å². The molecule has 0 unspecified atom stereocenters. The van der Waals surface area contributed by atoms with Crippen LogP contribution in [0.4, 0.5) is 4.39 Å². The van der Waals surface area contributed by atoms with Crippen molar-refractivity contribution in [3.8, 4) is 0 Å². The Kier molecular flexibility index (Phi) is 4.50. The highest BCUT2D eigenvalue weighted by Gasteiger charge is 2.11. The predicted octanol–water partition coefficient (Wildman–Crippen LogP) is 3.98. The van der Waals surface area contributed by atoms with E-state index in [4.69, 9.17) is 11.1 Å². The molecule has 0 aliphatic carbocycles. The average molecular weight is 292 g/mol. The first-order chi connectivity index (χ1) is 9.11. The van der Waals surface area contributed by atoms with Crippen molar-refractivity contribution in [1.82, 2.24) is 0 Å². The lowest BCUT2D eigenvalue weighted by molar-refractivity contribution is 0.626. The van der Waals surface area contributed by atoms with E-state index in [1.54, 1.807) is 23.9 Å². The number of nitrogen functional groups attached to an aromatic ring is 1. The maximum atomic E-state index is 12.9. The molecule has 0 atom stereocenters. The molecule has 2 rings (SSSR count). The minimum absolute atomic E-state index is 0.0505. The molecular weight excluding hydrogens is 279 g/mol. The first kappa shape index (κ1) is 14.0. The summed E-state index contributed by atoms with van der Waals surface area (Å²) in [4.78, 5) is 2.80. The summed E-state index contributed by atoms with van der Waals surface area (Å²) >= 11 is 3.04. The third kappa shape index (κ3) is 3.30. The lowest BCUT2D eigenvalue weighted by atomic mass is 10.2. The summed E-state index contributed by atoms with van der Waals surface area (Å²) in [6.45, 7) is 0. The van der Waals surface area contributed by atoms with E-state index in [2.05, 4.69) is 0 Å². The Hall–Kier alpha value is -1.46. The Labute approximate surface area is 120 Å². The van der Waals surface area contributed by atoms with Crippen LogP contribution in [0, 0.1) is 11.2 Å². The van der Waals surface area contributed by atoms with Gasteiger partial charge in [0.05, 0.1) is 0 Å². The Bertz CT molecular complexity index is 597. The number of hydrogen-bond acceptors (Lipinski definition) is 3. The number of nitrogens with one attached hydrogen (secondary N) is 1. The Morgan fingerprint density at radius 2 is 1.74 bits per heavy atom. The summed E-state index contributed by atoms with van der Waals surface area (Å²) in [6.07, 6.45) is 1.95. The lowest BCUT2D eigenvalue weighted by Crippen LogP contribution is -2.13. The summed E-state index contributed by atoms with van der Waals surface area (Å²) in [7, 11) is 0. The van der Waals surface area contributed by atoms with Crippen molar-refractivity contribution in [3.05, 3.63) is 53.8 Å². The number of thioether (sulfide) groups is 1. The molecule has 98 valence electrons. The van der Waals surface area contributed by atoms with Crippen LogP contribution in [0.2, 0.25) is 0 Å². The zero-order valence-corrected chi connectivity index (χ0v) is 11.9. The van der Waals surface area contributed by atoms with Gasteiger partial charge in [-0.1, -0.05) is 17.8 Å². The normalized spacial score (nSPS) is 10.4. The minimum atomic E-state index is -0.256. The van der Waals surface area contributed by atoms with Crippen LogP contribution >= 0.6 is 23.5 Å². The molecule has 5 heteroatoms. The minimum Gasteiger partial charge on any atom is -0.384 e. The molecule has 0 fully saturated rings. The maximum absolute atomic E-state index is 12.9. The van der Waals surface area contributed by atoms with Crippen LogP contribution < -0.4 is 5.73 Å². The van der Waals surface area contributed by atoms with Gasteiger partial charge in [0.25, 0.3) is 0 Å². The van der Waals surface area contributed by atoms with Gasteiger partial charge < -0.3 is 5.73 Å². The molecule has 0 bridgehead atoms. The second kappa shape index (κ2) is 6.12. The van der Waals surface area contributed by atoms with Gasteiger partial charge in [0, 0.05) is 20.2 Å². The van der Waals surface area contributed by atoms with Crippen LogP contribution in [0.3, 0.4) is 0 Å². The van der Waals surface area contributed by atoms with E-state index in [0.717, 1.165) is 20.2 Å². The summed E-state index contributed by atoms with van der Waals surface area (Å²) in [6, 6.07) is 12.1. The third-order valence-electron chi connectivity index (χ3n) is 2.52. The van der Waals surface area contributed by atoms with Crippen molar-refractivity contribution >= 4 is 29.4 Å². The summed E-state index contributed by atoms with van der Waals surface area (Å²) in [5.74, 6) is -0.205. The summed E-state index contributed by atoms with van der Waals surface area (Å²) in [5.41, 5.74) is 6.41. The van der Waals surface area contributed by atoms with E-state index < -0.39 is 0 Å². The van der Waals surface area contributed by atoms with Gasteiger partial charge in [-0.05, 0) is 42.7 Å². The van der Waals surface area contributed by atoms with Crippen LogP contribution in [-0.2, 0) is 0 Å². The molecule has 0 aliphatic rings. The number of hydrogen-bond donors (Lipinski definition) is 2. The molecule has 0 saturated heterocycles. The number of nitrogens with two attached hydrogens (primary N) is 1. The predicted molar refractivity (Wildman–Crippen MR) is 79.8 cm³/mol. The maximum Gasteiger partial charge on any atom is 0.125 e. The van der Waals surface area contributed by atoms with E-state index in [-0.39, 0.29) is 11.7 Å². The second-order valence-corrected chi connectivity index (χ2v) is 5.77. The molecule has 0 aliphatic heterocycles. The van der Waals surface area contributed by atoms with Crippen molar-refractivity contribution in [3.63, 3.8) is 0 Å². The van der Waals surface area contributed by atoms with E-state index >= 15 is 0 Å². The molecule has 2 nitrogen and oxygen atoms in total. The van der Waals surface area contributed by atoms with Gasteiger partial charge in [-0.25, -0.2) is 4.39 Å². The van der Waals surface area contributed by atoms with Gasteiger partial charge in [-0.3, -0.25) is 5.41 Å². The van der Waals surface area contributed by atoms with Crippen molar-refractivity contribution in [2.75, 3.05) is 6.26 Å². The fourth-order valence-electron chi connectivity index (χ4n) is 1.66. The Morgan fingerprint density at radius 1 is 1.11 bits per heavy atom. The summed E-state index contributed by atoms with van der Waals surface area (Å²) in [5, 5.41) is 7.71. The number of halogens is 1. The largest absolute Gasteiger partial charge is 0.384 e. The van der Waals surface area contributed by atoms with E-state index in [1.807, 2.05) is 24.5 Å². The van der Waals surface area contributed by atoms with Crippen LogP contribution in [0.5, 0.6) is 0 Å². The van der Waals surface area contributed by atoms with Crippen molar-refractivity contribution in [1.29, 1.82) is 5.41 Å².